The molecule has 0 saturated heterocycles. The van der Waals surface area contributed by atoms with Crippen LogP contribution in [0.15, 0.2) is 11.0 Å². The molecule has 7 heteroatoms. The summed E-state index contributed by atoms with van der Waals surface area (Å²) in [5.41, 5.74) is 4.35. The Morgan fingerprint density at radius 3 is 2.00 bits per heavy atom. The molecule has 15 heavy (non-hydrogen) atoms. The third-order valence-electron chi connectivity index (χ3n) is 1.66. The molecule has 90 valence electrons. The van der Waals surface area contributed by atoms with Gasteiger partial charge >= 0.3 is 7.60 Å². The maximum Gasteiger partial charge on any atom is 0.358 e. The van der Waals surface area contributed by atoms with Gasteiger partial charge in [-0.05, 0) is 20.8 Å². The lowest BCUT2D eigenvalue weighted by Crippen LogP contribution is -2.12. The average Bonchev–Trinajstić information content (AvgIpc) is 2.16. The number of nitrogens with two attached hydrogens (primary N) is 1. The molecular formula is C8H16F2NO3P. The van der Waals surface area contributed by atoms with E-state index in [0.717, 1.165) is 0 Å². The van der Waals surface area contributed by atoms with Crippen LogP contribution in [-0.2, 0) is 13.6 Å². The van der Waals surface area contributed by atoms with Crippen LogP contribution >= 0.6 is 7.60 Å². The minimum absolute atomic E-state index is 0.102. The highest BCUT2D eigenvalue weighted by Gasteiger charge is 2.30. The van der Waals surface area contributed by atoms with Crippen LogP contribution < -0.4 is 5.73 Å². The molecule has 0 fully saturated rings. The van der Waals surface area contributed by atoms with Gasteiger partial charge in [0, 0.05) is 0 Å². The second kappa shape index (κ2) is 6.20. The SMILES string of the molecule is CCOP(=O)(OCC)/C(C)=C(\N)C(F)F. The van der Waals surface area contributed by atoms with Crippen molar-refractivity contribution in [3.05, 3.63) is 11.0 Å². The Labute approximate surface area is 88.0 Å². The summed E-state index contributed by atoms with van der Waals surface area (Å²) in [7, 11) is -3.65. The van der Waals surface area contributed by atoms with E-state index in [0.29, 0.717) is 0 Å². The average molecular weight is 243 g/mol. The van der Waals surface area contributed by atoms with E-state index in [1.54, 1.807) is 13.8 Å². The molecule has 0 aliphatic rings. The standard InChI is InChI=1S/C8H16F2NO3P/c1-4-13-15(12,14-5-2)6(3)7(11)8(9)10/h8H,4-5,11H2,1-3H3/b7-6-. The van der Waals surface area contributed by atoms with Gasteiger partial charge in [0.25, 0.3) is 6.43 Å². The highest BCUT2D eigenvalue weighted by atomic mass is 31.2. The first kappa shape index (κ1) is 14.6. The molecule has 0 saturated carbocycles. The van der Waals surface area contributed by atoms with Gasteiger partial charge in [0.1, 0.15) is 0 Å². The monoisotopic (exact) mass is 243 g/mol. The van der Waals surface area contributed by atoms with Crippen molar-refractivity contribution in [1.29, 1.82) is 0 Å². The maximum atomic E-state index is 12.3. The Morgan fingerprint density at radius 1 is 1.33 bits per heavy atom. The van der Waals surface area contributed by atoms with E-state index in [4.69, 9.17) is 14.8 Å². The molecule has 0 amide bonds. The van der Waals surface area contributed by atoms with E-state index in [1.165, 1.54) is 6.92 Å². The number of alkyl halides is 2. The zero-order chi connectivity index (χ0) is 12.1. The van der Waals surface area contributed by atoms with E-state index >= 15 is 0 Å². The van der Waals surface area contributed by atoms with Gasteiger partial charge in [-0.3, -0.25) is 4.57 Å². The van der Waals surface area contributed by atoms with E-state index < -0.39 is 19.7 Å². The molecule has 0 aliphatic heterocycles. The summed E-state index contributed by atoms with van der Waals surface area (Å²) in [4.78, 5) is 0. The first-order valence-corrected chi connectivity index (χ1v) is 6.07. The molecule has 0 atom stereocenters. The molecule has 0 aliphatic carbocycles. The van der Waals surface area contributed by atoms with E-state index in [9.17, 15) is 13.3 Å². The van der Waals surface area contributed by atoms with Crippen LogP contribution in [-0.4, -0.2) is 19.6 Å². The maximum absolute atomic E-state index is 12.3. The van der Waals surface area contributed by atoms with Crippen molar-refractivity contribution in [3.8, 4) is 0 Å². The van der Waals surface area contributed by atoms with Gasteiger partial charge in [0.2, 0.25) is 0 Å². The molecule has 0 heterocycles. The topological polar surface area (TPSA) is 61.5 Å². The van der Waals surface area contributed by atoms with Gasteiger partial charge in [-0.1, -0.05) is 0 Å². The van der Waals surface area contributed by atoms with Crippen LogP contribution in [0.2, 0.25) is 0 Å². The molecule has 0 unspecified atom stereocenters. The molecule has 4 nitrogen and oxygen atoms in total. The first-order chi connectivity index (χ1) is 6.89. The molecule has 0 spiro atoms. The molecule has 0 rings (SSSR count). The second-order valence-corrected chi connectivity index (χ2v) is 4.86. The molecule has 0 aromatic heterocycles. The van der Waals surface area contributed by atoms with Crippen LogP contribution in [0.1, 0.15) is 20.8 Å². The van der Waals surface area contributed by atoms with E-state index in [-0.39, 0.29) is 18.5 Å². The summed E-state index contributed by atoms with van der Waals surface area (Å²) >= 11 is 0. The van der Waals surface area contributed by atoms with Crippen LogP contribution in [0, 0.1) is 0 Å². The van der Waals surface area contributed by atoms with Crippen molar-refractivity contribution in [1.82, 2.24) is 0 Å². The molecule has 0 radical (unpaired) electrons. The van der Waals surface area contributed by atoms with Gasteiger partial charge < -0.3 is 14.8 Å². The minimum Gasteiger partial charge on any atom is -0.397 e. The summed E-state index contributed by atoms with van der Waals surface area (Å²) in [5.74, 6) is 0. The van der Waals surface area contributed by atoms with Gasteiger partial charge in [-0.25, -0.2) is 8.78 Å². The quantitative estimate of drug-likeness (QED) is 0.728. The Hall–Kier alpha value is -0.450. The number of hydrogen-bond donors (Lipinski definition) is 1. The van der Waals surface area contributed by atoms with Crippen LogP contribution in [0.4, 0.5) is 8.78 Å². The molecule has 2 N–H and O–H groups in total. The molecular weight excluding hydrogens is 227 g/mol. The predicted octanol–water partition coefficient (Wildman–Crippen LogP) is 2.71. The van der Waals surface area contributed by atoms with Gasteiger partial charge in [-0.2, -0.15) is 0 Å². The van der Waals surface area contributed by atoms with Crippen molar-refractivity contribution in [3.63, 3.8) is 0 Å². The molecule has 0 aromatic carbocycles. The van der Waals surface area contributed by atoms with Crippen LogP contribution in [0.3, 0.4) is 0 Å². The Bertz CT molecular complexity index is 271. The lowest BCUT2D eigenvalue weighted by molar-refractivity contribution is 0.184. The summed E-state index contributed by atoms with van der Waals surface area (Å²) < 4.78 is 46.2. The summed E-state index contributed by atoms with van der Waals surface area (Å²) in [6.45, 7) is 4.62. The summed E-state index contributed by atoms with van der Waals surface area (Å²) in [6.07, 6.45) is -2.86. The van der Waals surface area contributed by atoms with Gasteiger partial charge in [0.15, 0.2) is 0 Å². The third-order valence-corrected chi connectivity index (χ3v) is 3.94. The van der Waals surface area contributed by atoms with Crippen LogP contribution in [0.5, 0.6) is 0 Å². The predicted molar refractivity (Wildman–Crippen MR) is 53.7 cm³/mol. The smallest absolute Gasteiger partial charge is 0.358 e. The first-order valence-electron chi connectivity index (χ1n) is 4.53. The lowest BCUT2D eigenvalue weighted by atomic mass is 10.4. The normalized spacial score (nSPS) is 14.3. The van der Waals surface area contributed by atoms with E-state index in [2.05, 4.69) is 0 Å². The van der Waals surface area contributed by atoms with Crippen molar-refractivity contribution < 1.29 is 22.4 Å². The van der Waals surface area contributed by atoms with Crippen LogP contribution in [0.25, 0.3) is 0 Å². The molecule has 0 bridgehead atoms. The van der Waals surface area contributed by atoms with Gasteiger partial charge in [0.05, 0.1) is 24.2 Å². The third kappa shape index (κ3) is 3.89. The Balaban J connectivity index is 5.08. The fraction of sp³-hybridized carbons (Fsp3) is 0.750. The number of hydrogen-bond acceptors (Lipinski definition) is 4. The molecule has 0 aromatic rings. The number of allylic oxidation sites excluding steroid dienone is 2. The van der Waals surface area contributed by atoms with E-state index in [1.807, 2.05) is 0 Å². The Morgan fingerprint density at radius 2 is 1.73 bits per heavy atom. The number of rotatable bonds is 6. The van der Waals surface area contributed by atoms with Crippen molar-refractivity contribution >= 4 is 7.60 Å². The van der Waals surface area contributed by atoms with Crippen molar-refractivity contribution in [2.45, 2.75) is 27.2 Å². The lowest BCUT2D eigenvalue weighted by Gasteiger charge is -2.19. The second-order valence-electron chi connectivity index (χ2n) is 2.67. The largest absolute Gasteiger partial charge is 0.397 e. The van der Waals surface area contributed by atoms with Crippen molar-refractivity contribution in [2.24, 2.45) is 5.73 Å². The van der Waals surface area contributed by atoms with Gasteiger partial charge in [-0.15, -0.1) is 0 Å². The minimum atomic E-state index is -3.65. The Kier molecular flexibility index (Phi) is 6.02. The zero-order valence-electron chi connectivity index (χ0n) is 9.00. The highest BCUT2D eigenvalue weighted by molar-refractivity contribution is 7.58. The zero-order valence-corrected chi connectivity index (χ0v) is 9.89. The summed E-state index contributed by atoms with van der Waals surface area (Å²) in [5, 5.41) is -0.221. The highest BCUT2D eigenvalue weighted by Crippen LogP contribution is 2.56. The fourth-order valence-corrected chi connectivity index (χ4v) is 2.44. The fourth-order valence-electron chi connectivity index (χ4n) is 0.887. The summed E-state index contributed by atoms with van der Waals surface area (Å²) in [6, 6.07) is 0. The van der Waals surface area contributed by atoms with Crippen molar-refractivity contribution in [2.75, 3.05) is 13.2 Å². The number of halogens is 2.